The summed E-state index contributed by atoms with van der Waals surface area (Å²) < 4.78 is 76.6. The highest BCUT2D eigenvalue weighted by Crippen LogP contribution is 2.42. The monoisotopic (exact) mass is 1930 g/mol. The summed E-state index contributed by atoms with van der Waals surface area (Å²) in [5, 5.41) is 58.0. The number of rotatable bonds is 35. The second-order valence-corrected chi connectivity index (χ2v) is 33.3. The number of aryl methyl sites for hydroxylation is 5. The van der Waals surface area contributed by atoms with Gasteiger partial charge in [0, 0.05) is 126 Å². The Hall–Kier alpha value is -14.3. The number of phenols is 4. The number of halogens is 1. The lowest BCUT2D eigenvalue weighted by Gasteiger charge is -2.39. The molecule has 139 heavy (non-hydrogen) atoms. The summed E-state index contributed by atoms with van der Waals surface area (Å²) in [4.78, 5) is 132. The van der Waals surface area contributed by atoms with Crippen molar-refractivity contribution in [3.63, 3.8) is 0 Å². The minimum atomic E-state index is -1.24. The molecule has 0 radical (unpaired) electrons. The van der Waals surface area contributed by atoms with Crippen LogP contribution >= 0.6 is 12.4 Å². The predicted octanol–water partition coefficient (Wildman–Crippen LogP) is 16.1. The Morgan fingerprint density at radius 1 is 0.417 bits per heavy atom. The second-order valence-electron chi connectivity index (χ2n) is 33.3. The zero-order valence-electron chi connectivity index (χ0n) is 80.4. The van der Waals surface area contributed by atoms with E-state index >= 15 is 0 Å². The highest BCUT2D eigenvalue weighted by molar-refractivity contribution is 6.32. The van der Waals surface area contributed by atoms with Crippen LogP contribution in [0.5, 0.6) is 46.0 Å². The van der Waals surface area contributed by atoms with Crippen LogP contribution in [0.2, 0.25) is 0 Å². The molecule has 6 N–H and O–H groups in total. The SMILES string of the molecule is CCCC[N+](CCCC)(CCCC)CCCC.COCOc1cc2c(cc1OCOC)C(=O)C(c1coc3cc(C)c(C)c(C(=O)O)c3c1=O)=CC2.COCOc1cc2c(cc1OCOC)C(=O)C(c1coc3cc(C)c(C)c(C(=O)OCc4nccn4C)c3c1=O)=CC2.Cl.Cn1ccnc1CO.Cn1ccnc1COC(=O)c1c(O)c(O)cc2occ(C3=CCc4cc(O)c(O)cc4C3=O)c(=O)c12. The molecule has 0 atom stereocenters. The van der Waals surface area contributed by atoms with Crippen LogP contribution in [-0.2, 0) is 88.6 Å². The number of Topliss-reactive ketones (excluding diaryl/α,β-unsaturated/α-hetero) is 3. The molecule has 0 aliphatic heterocycles. The molecule has 36 heteroatoms. The molecule has 0 saturated carbocycles. The van der Waals surface area contributed by atoms with Crippen LogP contribution in [0, 0.1) is 27.7 Å². The average molecular weight is 1940 g/mol. The number of benzene rings is 6. The lowest BCUT2D eigenvalue weighted by atomic mass is 9.86. The third-order valence-corrected chi connectivity index (χ3v) is 24.1. The number of carboxylic acids is 1. The smallest absolute Gasteiger partial charge is 0.343 e. The first kappa shape index (κ1) is 107. The van der Waals surface area contributed by atoms with Gasteiger partial charge >= 0.3 is 17.9 Å². The number of carbonyl (C=O) groups excluding carboxylic acids is 5. The fourth-order valence-electron chi connectivity index (χ4n) is 16.2. The van der Waals surface area contributed by atoms with E-state index in [4.69, 9.17) is 65.7 Å². The fraction of sp³-hybridized carbons (Fsp3) is 0.359. The molecule has 12 aromatic rings. The van der Waals surface area contributed by atoms with Crippen LogP contribution in [0.1, 0.15) is 214 Å². The van der Waals surface area contributed by atoms with E-state index in [0.29, 0.717) is 86.3 Å². The lowest BCUT2D eigenvalue weighted by molar-refractivity contribution is -0.929. The van der Waals surface area contributed by atoms with Gasteiger partial charge in [-0.1, -0.05) is 71.6 Å². The van der Waals surface area contributed by atoms with Crippen molar-refractivity contribution in [2.24, 2.45) is 21.1 Å². The molecule has 6 aromatic heterocycles. The topological polar surface area (TPSA) is 460 Å². The highest BCUT2D eigenvalue weighted by Gasteiger charge is 2.35. The van der Waals surface area contributed by atoms with E-state index in [1.165, 1.54) is 147 Å². The van der Waals surface area contributed by atoms with Crippen LogP contribution in [0.25, 0.3) is 49.6 Å². The maximum absolute atomic E-state index is 14.0. The standard InChI is InChI=1S/C31H30N2O9.C26H24O9.C25H18N2O9.C16H36N.C5H8N2O.ClH/c1-17-10-25-28(27(18(17)2)31(36)40-14-26-32-8-9-33(26)3)30(35)22(13-39-25)20-7-6-19-11-23(41-15-37-4)24(42-16-38-5)12-21(19)29(20)34;1-13-7-21-23(22(14(13)2)26(29)30)25(28)18(10-33-21)16-6-5-15-8-19(34-11-31-3)20(35-12-32-4)9-17(15)24(16)27;1-27-5-4-26-19(27)10-36-25(34)21-20-18(8-17(30)24(21)33)35-9-14(23(20)32)12-3-2-11-6-15(28)16(29)7-13(11)22(12)31;1-5-9-13-17(14-10-6-2,15-11-7-3)16-12-8-4;1-7-3-2-6-5(7)4-8;/h7-13H,6,14-16H2,1-5H3;6-10H,5,11-12H2,1-4H3,(H,29,30);3-9,28-30,33H,2,10H2,1H3;5-16H2,1-4H3;2-3,8H,4H2,1H3;1H/q;;;+1;;. The highest BCUT2D eigenvalue weighted by atomic mass is 35.5. The predicted molar refractivity (Wildman–Crippen MR) is 518 cm³/mol. The summed E-state index contributed by atoms with van der Waals surface area (Å²) in [6, 6.07) is 13.1. The molecular formula is C103H117ClN7O28+. The van der Waals surface area contributed by atoms with Crippen LogP contribution in [-0.4, -0.2) is 181 Å². The number of aromatic hydroxyl groups is 4. The Morgan fingerprint density at radius 3 is 1.09 bits per heavy atom. The number of aromatic nitrogens is 6. The summed E-state index contributed by atoms with van der Waals surface area (Å²) in [5.41, 5.74) is 2.72. The van der Waals surface area contributed by atoms with Crippen molar-refractivity contribution in [2.45, 2.75) is 146 Å². The van der Waals surface area contributed by atoms with Gasteiger partial charge < -0.3 is 109 Å². The Balaban J connectivity index is 0.000000191. The zero-order chi connectivity index (χ0) is 99.9. The number of fused-ring (bicyclic) bond motifs is 6. The number of ether oxygens (including phenoxy) is 10. The minimum Gasteiger partial charge on any atom is -0.504 e. The number of hydrogen-bond donors (Lipinski definition) is 6. The minimum absolute atomic E-state index is 0. The maximum atomic E-state index is 14.0. The fourth-order valence-corrected chi connectivity index (χ4v) is 16.2. The first-order valence-corrected chi connectivity index (χ1v) is 44.9. The van der Waals surface area contributed by atoms with Crippen molar-refractivity contribution < 1.29 is 125 Å². The van der Waals surface area contributed by atoms with E-state index in [2.05, 4.69) is 42.6 Å². The van der Waals surface area contributed by atoms with Gasteiger partial charge in [-0.05, 0) is 160 Å². The number of carboxylic acid groups (broad SMARTS) is 1. The normalized spacial score (nSPS) is 12.5. The molecule has 0 bridgehead atoms. The Kier molecular flexibility index (Phi) is 37.7. The molecule has 0 amide bonds. The largest absolute Gasteiger partial charge is 0.504 e. The molecule has 6 aromatic carbocycles. The second kappa shape index (κ2) is 49.1. The molecule has 0 fully saturated rings. The molecule has 15 rings (SSSR count). The van der Waals surface area contributed by atoms with Gasteiger partial charge in [-0.15, -0.1) is 12.4 Å². The van der Waals surface area contributed by atoms with Gasteiger partial charge in [-0.2, -0.15) is 0 Å². The molecule has 0 spiro atoms. The van der Waals surface area contributed by atoms with Gasteiger partial charge in [-0.3, -0.25) is 28.8 Å². The van der Waals surface area contributed by atoms with Crippen LogP contribution < -0.4 is 35.2 Å². The third-order valence-electron chi connectivity index (χ3n) is 24.1. The van der Waals surface area contributed by atoms with Gasteiger partial charge in [0.05, 0.1) is 70.2 Å². The molecule has 3 aliphatic carbocycles. The molecule has 3 aliphatic rings. The van der Waals surface area contributed by atoms with Gasteiger partial charge in [0.2, 0.25) is 16.3 Å². The van der Waals surface area contributed by atoms with Crippen LogP contribution in [0.4, 0.5) is 0 Å². The van der Waals surface area contributed by atoms with Crippen molar-refractivity contribution in [3.05, 3.63) is 266 Å². The number of allylic oxidation sites excluding steroid dienone is 6. The zero-order valence-corrected chi connectivity index (χ0v) is 81.2. The molecule has 738 valence electrons. The number of phenolic OH excluding ortho intramolecular Hbond substituents is 4. The number of nitrogens with zero attached hydrogens (tertiary/aromatic N) is 7. The van der Waals surface area contributed by atoms with Crippen molar-refractivity contribution in [1.29, 1.82) is 0 Å². The van der Waals surface area contributed by atoms with Gasteiger partial charge in [-0.25, -0.2) is 29.3 Å². The maximum Gasteiger partial charge on any atom is 0.343 e. The molecule has 0 unspecified atom stereocenters. The number of quaternary nitrogens is 1. The lowest BCUT2D eigenvalue weighted by Crippen LogP contribution is -2.50. The first-order chi connectivity index (χ1) is 66.3. The number of esters is 2. The van der Waals surface area contributed by atoms with Gasteiger partial charge in [0.1, 0.15) is 78.4 Å². The Labute approximate surface area is 807 Å². The number of imidazole rings is 3. The van der Waals surface area contributed by atoms with Crippen molar-refractivity contribution in [3.8, 4) is 46.0 Å². The van der Waals surface area contributed by atoms with E-state index in [-0.39, 0.29) is 166 Å². The quantitative estimate of drug-likeness (QED) is 0.00930. The van der Waals surface area contributed by atoms with E-state index in [0.717, 1.165) is 24.0 Å². The molecular weight excluding hydrogens is 1820 g/mol. The van der Waals surface area contributed by atoms with Crippen LogP contribution in [0.3, 0.4) is 0 Å². The molecule has 6 heterocycles. The van der Waals surface area contributed by atoms with Crippen molar-refractivity contribution >= 4 is 97.3 Å². The summed E-state index contributed by atoms with van der Waals surface area (Å²) in [6.45, 7) is 21.5. The number of hydrogen-bond acceptors (Lipinski definition) is 30. The van der Waals surface area contributed by atoms with E-state index in [1.807, 2.05) is 14.0 Å². The van der Waals surface area contributed by atoms with Gasteiger partial charge in [0.25, 0.3) is 0 Å². The van der Waals surface area contributed by atoms with Crippen molar-refractivity contribution in [2.75, 3.05) is 81.8 Å². The average Bonchev–Trinajstić information content (AvgIpc) is 0.761. The van der Waals surface area contributed by atoms with E-state index in [9.17, 15) is 68.7 Å². The number of aromatic carboxylic acids is 1. The van der Waals surface area contributed by atoms with E-state index in [1.54, 1.807) is 122 Å². The first-order valence-electron chi connectivity index (χ1n) is 44.9. The number of ketones is 3. The molecule has 0 saturated heterocycles. The number of aliphatic hydroxyl groups is 1. The summed E-state index contributed by atoms with van der Waals surface area (Å²) >= 11 is 0. The Bertz CT molecular complexity index is 6790. The summed E-state index contributed by atoms with van der Waals surface area (Å²) in [7, 11) is 11.2. The molecule has 35 nitrogen and oxygen atoms in total. The van der Waals surface area contributed by atoms with Crippen LogP contribution in [0.15, 0.2) is 156 Å². The number of unbranched alkanes of at least 4 members (excludes halogenated alkanes) is 4. The third kappa shape index (κ3) is 24.4. The summed E-state index contributed by atoms with van der Waals surface area (Å²) in [5.74, 6) is -3.95. The number of carbonyl (C=O) groups is 6. The number of methoxy groups -OCH3 is 4. The van der Waals surface area contributed by atoms with Crippen molar-refractivity contribution in [1.82, 2.24) is 28.7 Å². The van der Waals surface area contributed by atoms with E-state index < -0.39 is 74.4 Å². The van der Waals surface area contributed by atoms with Gasteiger partial charge in [0.15, 0.2) is 90.5 Å². The Morgan fingerprint density at radius 2 is 0.741 bits per heavy atom. The summed E-state index contributed by atoms with van der Waals surface area (Å²) in [6.07, 6.45) is 30.1. The number of aliphatic hydroxyl groups excluding tert-OH is 1.